The fraction of sp³-hybridized carbons (Fsp3) is 0.125. The highest BCUT2D eigenvalue weighted by atomic mass is 16.6. The van der Waals surface area contributed by atoms with Gasteiger partial charge in [0.05, 0.1) is 4.92 Å². The number of aromatic nitrogens is 2. The van der Waals surface area contributed by atoms with Crippen LogP contribution in [0.3, 0.4) is 0 Å². The van der Waals surface area contributed by atoms with E-state index in [0.29, 0.717) is 5.75 Å². The smallest absolute Gasteiger partial charge is 0.396 e. The molecular weight excluding hydrogens is 298 g/mol. The lowest BCUT2D eigenvalue weighted by Crippen LogP contribution is -2.19. The molecule has 1 aromatic carbocycles. The van der Waals surface area contributed by atoms with E-state index < -0.39 is 16.2 Å². The summed E-state index contributed by atoms with van der Waals surface area (Å²) in [6, 6.07) is 12.0. The molecule has 0 amide bonds. The zero-order valence-electron chi connectivity index (χ0n) is 12.3. The number of fused-ring (bicyclic) bond motifs is 1. The third kappa shape index (κ3) is 2.76. The summed E-state index contributed by atoms with van der Waals surface area (Å²) in [5.41, 5.74) is -0.162. The van der Waals surface area contributed by atoms with Crippen LogP contribution in [0.2, 0.25) is 0 Å². The molecule has 0 atom stereocenters. The fourth-order valence-electron chi connectivity index (χ4n) is 2.23. The zero-order chi connectivity index (χ0) is 16.4. The van der Waals surface area contributed by atoms with Crippen molar-refractivity contribution < 1.29 is 9.66 Å². The van der Waals surface area contributed by atoms with Crippen molar-refractivity contribution in [2.75, 3.05) is 0 Å². The van der Waals surface area contributed by atoms with Gasteiger partial charge in [0.25, 0.3) is 0 Å². The minimum Gasteiger partial charge on any atom is -0.433 e. The van der Waals surface area contributed by atoms with E-state index in [1.165, 1.54) is 6.20 Å². The molecule has 0 bridgehead atoms. The molecule has 2 heterocycles. The second-order valence-corrected chi connectivity index (χ2v) is 4.86. The van der Waals surface area contributed by atoms with E-state index in [9.17, 15) is 14.9 Å². The van der Waals surface area contributed by atoms with E-state index in [1.807, 2.05) is 13.0 Å². The molecule has 2 aromatic heterocycles. The molecule has 7 heteroatoms. The monoisotopic (exact) mass is 311 g/mol. The molecule has 0 aliphatic rings. The number of benzene rings is 1. The first-order chi connectivity index (χ1) is 11.1. The minimum absolute atomic E-state index is 0.282. The van der Waals surface area contributed by atoms with Crippen LogP contribution < -0.4 is 10.3 Å². The largest absolute Gasteiger partial charge is 0.433 e. The summed E-state index contributed by atoms with van der Waals surface area (Å²) in [4.78, 5) is 26.9. The molecule has 0 saturated carbocycles. The molecule has 0 radical (unpaired) electrons. The van der Waals surface area contributed by atoms with Gasteiger partial charge in [0.1, 0.15) is 11.4 Å². The van der Waals surface area contributed by atoms with Crippen molar-refractivity contribution in [3.8, 4) is 11.6 Å². The van der Waals surface area contributed by atoms with Crippen LogP contribution in [0.5, 0.6) is 11.6 Å². The summed E-state index contributed by atoms with van der Waals surface area (Å²) in [6.07, 6.45) is 2.23. The van der Waals surface area contributed by atoms with Crippen molar-refractivity contribution in [2.24, 2.45) is 0 Å². The van der Waals surface area contributed by atoms with Crippen LogP contribution in [-0.2, 0) is 6.42 Å². The molecule has 0 unspecified atom stereocenters. The first kappa shape index (κ1) is 14.7. The van der Waals surface area contributed by atoms with Crippen molar-refractivity contribution >= 4 is 11.3 Å². The van der Waals surface area contributed by atoms with Crippen LogP contribution in [0.15, 0.2) is 53.5 Å². The van der Waals surface area contributed by atoms with Gasteiger partial charge in [-0.15, -0.1) is 0 Å². The molecule has 7 nitrogen and oxygen atoms in total. The SMILES string of the molecule is CCc1cccc(Oc2nc3ccccn3c(=O)c2[N+](=O)[O-])c1. The first-order valence-electron chi connectivity index (χ1n) is 7.02. The average molecular weight is 311 g/mol. The van der Waals surface area contributed by atoms with Crippen LogP contribution in [-0.4, -0.2) is 14.3 Å². The number of nitro groups is 1. The van der Waals surface area contributed by atoms with Gasteiger partial charge in [0, 0.05) is 6.20 Å². The number of hydrogen-bond acceptors (Lipinski definition) is 5. The summed E-state index contributed by atoms with van der Waals surface area (Å²) in [6.45, 7) is 1.99. The number of nitrogens with zero attached hydrogens (tertiary/aromatic N) is 3. The predicted molar refractivity (Wildman–Crippen MR) is 84.0 cm³/mol. The zero-order valence-corrected chi connectivity index (χ0v) is 12.3. The Balaban J connectivity index is 2.17. The summed E-state index contributed by atoms with van der Waals surface area (Å²) in [5, 5.41) is 11.3. The molecule has 3 aromatic rings. The molecule has 0 fully saturated rings. The second kappa shape index (κ2) is 5.88. The molecule has 23 heavy (non-hydrogen) atoms. The van der Waals surface area contributed by atoms with Crippen LogP contribution in [0.1, 0.15) is 12.5 Å². The van der Waals surface area contributed by atoms with Crippen LogP contribution in [0.25, 0.3) is 5.65 Å². The molecule has 116 valence electrons. The Hall–Kier alpha value is -3.22. The molecule has 0 spiro atoms. The number of pyridine rings is 1. The highest BCUT2D eigenvalue weighted by molar-refractivity contribution is 5.50. The maximum atomic E-state index is 12.3. The Morgan fingerprint density at radius 1 is 1.26 bits per heavy atom. The Morgan fingerprint density at radius 3 is 2.83 bits per heavy atom. The molecule has 3 rings (SSSR count). The van der Waals surface area contributed by atoms with Gasteiger partial charge in [-0.05, 0) is 36.2 Å². The van der Waals surface area contributed by atoms with Crippen LogP contribution in [0, 0.1) is 10.1 Å². The number of rotatable bonds is 4. The minimum atomic E-state index is -0.776. The van der Waals surface area contributed by atoms with Gasteiger partial charge in [-0.25, -0.2) is 0 Å². The van der Waals surface area contributed by atoms with Crippen molar-refractivity contribution in [2.45, 2.75) is 13.3 Å². The Labute approximate surface area is 130 Å². The van der Waals surface area contributed by atoms with Gasteiger partial charge in [-0.2, -0.15) is 4.98 Å². The molecule has 0 saturated heterocycles. The quantitative estimate of drug-likeness (QED) is 0.546. The van der Waals surface area contributed by atoms with Crippen molar-refractivity contribution in [3.63, 3.8) is 0 Å². The van der Waals surface area contributed by atoms with E-state index >= 15 is 0 Å². The Kier molecular flexibility index (Phi) is 3.76. The lowest BCUT2D eigenvalue weighted by molar-refractivity contribution is -0.387. The van der Waals surface area contributed by atoms with Gasteiger partial charge >= 0.3 is 17.1 Å². The maximum absolute atomic E-state index is 12.3. The van der Waals surface area contributed by atoms with Crippen molar-refractivity contribution in [1.82, 2.24) is 9.38 Å². The van der Waals surface area contributed by atoms with E-state index in [-0.39, 0.29) is 11.5 Å². The number of ether oxygens (including phenoxy) is 1. The number of aryl methyl sites for hydroxylation is 1. The van der Waals surface area contributed by atoms with E-state index in [1.54, 1.807) is 36.4 Å². The third-order valence-corrected chi connectivity index (χ3v) is 3.38. The Bertz CT molecular complexity index is 949. The normalized spacial score (nSPS) is 10.7. The average Bonchev–Trinajstić information content (AvgIpc) is 2.55. The molecule has 0 aliphatic heterocycles. The van der Waals surface area contributed by atoms with Gasteiger partial charge in [-0.3, -0.25) is 19.3 Å². The van der Waals surface area contributed by atoms with Gasteiger partial charge < -0.3 is 4.74 Å². The maximum Gasteiger partial charge on any atom is 0.396 e. The Morgan fingerprint density at radius 2 is 2.09 bits per heavy atom. The van der Waals surface area contributed by atoms with Crippen molar-refractivity contribution in [1.29, 1.82) is 0 Å². The summed E-state index contributed by atoms with van der Waals surface area (Å²) in [5.74, 6) is 0.0964. The van der Waals surface area contributed by atoms with E-state index in [0.717, 1.165) is 16.4 Å². The highest BCUT2D eigenvalue weighted by Crippen LogP contribution is 2.27. The lowest BCUT2D eigenvalue weighted by atomic mass is 10.2. The van der Waals surface area contributed by atoms with Crippen LogP contribution in [0.4, 0.5) is 5.69 Å². The number of hydrogen-bond donors (Lipinski definition) is 0. The van der Waals surface area contributed by atoms with Crippen LogP contribution >= 0.6 is 0 Å². The highest BCUT2D eigenvalue weighted by Gasteiger charge is 2.25. The molecule has 0 N–H and O–H groups in total. The molecule has 0 aliphatic carbocycles. The van der Waals surface area contributed by atoms with Gasteiger partial charge in [-0.1, -0.05) is 25.1 Å². The third-order valence-electron chi connectivity index (χ3n) is 3.38. The van der Waals surface area contributed by atoms with E-state index in [4.69, 9.17) is 4.74 Å². The standard InChI is InChI=1S/C16H13N3O4/c1-2-11-6-5-7-12(10-11)23-15-14(19(21)22)16(20)18-9-4-3-8-13(18)17-15/h3-10H,2H2,1H3. The summed E-state index contributed by atoms with van der Waals surface area (Å²) in [7, 11) is 0. The van der Waals surface area contributed by atoms with Crippen molar-refractivity contribution in [3.05, 3.63) is 74.7 Å². The lowest BCUT2D eigenvalue weighted by Gasteiger charge is -2.08. The van der Waals surface area contributed by atoms with Gasteiger partial charge in [0.2, 0.25) is 0 Å². The van der Waals surface area contributed by atoms with Gasteiger partial charge in [0.15, 0.2) is 0 Å². The summed E-state index contributed by atoms with van der Waals surface area (Å²) < 4.78 is 6.65. The first-order valence-corrected chi connectivity index (χ1v) is 7.02. The fourth-order valence-corrected chi connectivity index (χ4v) is 2.23. The predicted octanol–water partition coefficient (Wildman–Crippen LogP) is 2.96. The second-order valence-electron chi connectivity index (χ2n) is 4.86. The topological polar surface area (TPSA) is 86.7 Å². The van der Waals surface area contributed by atoms with E-state index in [2.05, 4.69) is 4.98 Å². The molecular formula is C16H13N3O4. The summed E-state index contributed by atoms with van der Waals surface area (Å²) >= 11 is 0.